The van der Waals surface area contributed by atoms with E-state index in [1.165, 1.54) is 13.3 Å². The SMILES string of the molecule is CC(=O)Nc1ccc2c(c1)ncn2[O-]. The molecule has 0 saturated heterocycles. The van der Waals surface area contributed by atoms with Gasteiger partial charge >= 0.3 is 0 Å². The first kappa shape index (κ1) is 8.55. The zero-order valence-corrected chi connectivity index (χ0v) is 7.52. The molecule has 0 spiro atoms. The zero-order chi connectivity index (χ0) is 10.1. The summed E-state index contributed by atoms with van der Waals surface area (Å²) in [4.78, 5) is 14.6. The van der Waals surface area contributed by atoms with Crippen LogP contribution in [0, 0.1) is 5.21 Å². The van der Waals surface area contributed by atoms with Crippen LogP contribution in [0.25, 0.3) is 11.0 Å². The number of carbonyl (C=O) groups is 1. The molecule has 0 bridgehead atoms. The number of imidazole rings is 1. The molecule has 0 aliphatic carbocycles. The molecule has 0 saturated carbocycles. The molecule has 0 aliphatic rings. The van der Waals surface area contributed by atoms with Gasteiger partial charge in [-0.3, -0.25) is 4.79 Å². The number of carbonyl (C=O) groups excluding carboxylic acids is 1. The maximum atomic E-state index is 11.1. The summed E-state index contributed by atoms with van der Waals surface area (Å²) in [7, 11) is 0. The van der Waals surface area contributed by atoms with Crippen LogP contribution in [0.3, 0.4) is 0 Å². The second kappa shape index (κ2) is 3.02. The minimum atomic E-state index is -0.147. The Morgan fingerprint density at radius 2 is 2.36 bits per heavy atom. The van der Waals surface area contributed by atoms with Crippen molar-refractivity contribution >= 4 is 22.6 Å². The Balaban J connectivity index is 2.46. The summed E-state index contributed by atoms with van der Waals surface area (Å²) in [5, 5.41) is 13.7. The Hall–Kier alpha value is -2.04. The average Bonchev–Trinajstić information content (AvgIpc) is 2.46. The van der Waals surface area contributed by atoms with E-state index in [1.54, 1.807) is 18.2 Å². The maximum Gasteiger partial charge on any atom is 0.221 e. The van der Waals surface area contributed by atoms with Crippen molar-refractivity contribution in [3.8, 4) is 0 Å². The fourth-order valence-electron chi connectivity index (χ4n) is 1.27. The fraction of sp³-hybridized carbons (Fsp3) is 0.111. The molecule has 1 aromatic heterocycles. The minimum absolute atomic E-state index is 0.147. The summed E-state index contributed by atoms with van der Waals surface area (Å²) >= 11 is 0. The fourth-order valence-corrected chi connectivity index (χ4v) is 1.27. The average molecular weight is 190 g/mol. The lowest BCUT2D eigenvalue weighted by atomic mass is 10.3. The van der Waals surface area contributed by atoms with Crippen molar-refractivity contribution < 1.29 is 4.79 Å². The lowest BCUT2D eigenvalue weighted by molar-refractivity contribution is -0.114. The van der Waals surface area contributed by atoms with Gasteiger partial charge in [0.05, 0.1) is 17.4 Å². The first-order valence-electron chi connectivity index (χ1n) is 4.09. The molecular weight excluding hydrogens is 182 g/mol. The number of fused-ring (bicyclic) bond motifs is 1. The van der Waals surface area contributed by atoms with Gasteiger partial charge < -0.3 is 15.3 Å². The smallest absolute Gasteiger partial charge is 0.221 e. The van der Waals surface area contributed by atoms with E-state index in [0.717, 1.165) is 0 Å². The van der Waals surface area contributed by atoms with Crippen LogP contribution in [0.1, 0.15) is 6.92 Å². The molecular formula is C9H8N3O2-. The predicted octanol–water partition coefficient (Wildman–Crippen LogP) is 1.34. The van der Waals surface area contributed by atoms with Crippen molar-refractivity contribution in [2.24, 2.45) is 0 Å². The molecule has 72 valence electrons. The molecule has 1 N–H and O–H groups in total. The number of benzene rings is 1. The monoisotopic (exact) mass is 190 g/mol. The van der Waals surface area contributed by atoms with Gasteiger partial charge in [-0.2, -0.15) is 0 Å². The first-order chi connectivity index (χ1) is 6.66. The van der Waals surface area contributed by atoms with Crippen LogP contribution < -0.4 is 5.32 Å². The Labute approximate surface area is 79.9 Å². The van der Waals surface area contributed by atoms with Crippen LogP contribution >= 0.6 is 0 Å². The Morgan fingerprint density at radius 1 is 1.57 bits per heavy atom. The summed E-state index contributed by atoms with van der Waals surface area (Å²) in [5.74, 6) is -0.147. The van der Waals surface area contributed by atoms with Gasteiger partial charge in [0.25, 0.3) is 0 Å². The van der Waals surface area contributed by atoms with Gasteiger partial charge in [0, 0.05) is 12.6 Å². The number of anilines is 1. The molecule has 1 amide bonds. The third-order valence-electron chi connectivity index (χ3n) is 1.83. The van der Waals surface area contributed by atoms with Crippen LogP contribution in [-0.2, 0) is 4.79 Å². The van der Waals surface area contributed by atoms with E-state index < -0.39 is 0 Å². The Kier molecular flexibility index (Phi) is 1.85. The molecule has 2 aromatic rings. The van der Waals surface area contributed by atoms with E-state index in [-0.39, 0.29) is 5.91 Å². The molecule has 5 nitrogen and oxygen atoms in total. The number of aromatic nitrogens is 2. The van der Waals surface area contributed by atoms with E-state index in [4.69, 9.17) is 0 Å². The van der Waals surface area contributed by atoms with Gasteiger partial charge in [0.2, 0.25) is 5.91 Å². The van der Waals surface area contributed by atoms with Gasteiger partial charge in [-0.1, -0.05) is 0 Å². The third kappa shape index (κ3) is 1.39. The van der Waals surface area contributed by atoms with Gasteiger partial charge in [0.15, 0.2) is 0 Å². The van der Waals surface area contributed by atoms with Gasteiger partial charge in [0.1, 0.15) is 0 Å². The minimum Gasteiger partial charge on any atom is -0.805 e. The van der Waals surface area contributed by atoms with Crippen LogP contribution in [0.15, 0.2) is 24.5 Å². The third-order valence-corrected chi connectivity index (χ3v) is 1.83. The lowest BCUT2D eigenvalue weighted by Crippen LogP contribution is -2.05. The molecule has 1 aromatic carbocycles. The second-order valence-electron chi connectivity index (χ2n) is 2.96. The molecule has 14 heavy (non-hydrogen) atoms. The van der Waals surface area contributed by atoms with Gasteiger partial charge in [-0.25, -0.2) is 4.98 Å². The van der Waals surface area contributed by atoms with Crippen molar-refractivity contribution in [1.82, 2.24) is 9.71 Å². The van der Waals surface area contributed by atoms with Crippen molar-refractivity contribution in [3.63, 3.8) is 0 Å². The molecule has 0 fully saturated rings. The number of hydrogen-bond donors (Lipinski definition) is 1. The van der Waals surface area contributed by atoms with Gasteiger partial charge in [-0.15, -0.1) is 0 Å². The summed E-state index contributed by atoms with van der Waals surface area (Å²) < 4.78 is 0.687. The number of nitrogens with one attached hydrogen (secondary N) is 1. The van der Waals surface area contributed by atoms with E-state index in [1.807, 2.05) is 0 Å². The summed E-state index contributed by atoms with van der Waals surface area (Å²) in [5.41, 5.74) is 1.72. The quantitative estimate of drug-likeness (QED) is 0.737. The molecule has 5 heteroatoms. The molecule has 0 unspecified atom stereocenters. The number of amides is 1. The predicted molar refractivity (Wildman–Crippen MR) is 52.8 cm³/mol. The molecule has 0 aliphatic heterocycles. The number of nitrogens with zero attached hydrogens (tertiary/aromatic N) is 2. The van der Waals surface area contributed by atoms with Crippen molar-refractivity contribution in [3.05, 3.63) is 29.7 Å². The molecule has 0 radical (unpaired) electrons. The maximum absolute atomic E-state index is 11.1. The van der Waals surface area contributed by atoms with E-state index in [0.29, 0.717) is 21.5 Å². The van der Waals surface area contributed by atoms with E-state index >= 15 is 0 Å². The lowest BCUT2D eigenvalue weighted by Gasteiger charge is -2.06. The van der Waals surface area contributed by atoms with E-state index in [2.05, 4.69) is 10.3 Å². The largest absolute Gasteiger partial charge is 0.805 e. The Morgan fingerprint density at radius 3 is 3.07 bits per heavy atom. The van der Waals surface area contributed by atoms with Crippen LogP contribution in [-0.4, -0.2) is 15.6 Å². The van der Waals surface area contributed by atoms with Crippen molar-refractivity contribution in [2.75, 3.05) is 5.32 Å². The summed E-state index contributed by atoms with van der Waals surface area (Å²) in [6.07, 6.45) is 1.20. The van der Waals surface area contributed by atoms with E-state index in [9.17, 15) is 10.0 Å². The number of hydrogen-bond acceptors (Lipinski definition) is 3. The highest BCUT2D eigenvalue weighted by molar-refractivity contribution is 5.91. The van der Waals surface area contributed by atoms with Crippen LogP contribution in [0.4, 0.5) is 5.69 Å². The highest BCUT2D eigenvalue weighted by atomic mass is 16.5. The standard InChI is InChI=1S/C9H8N3O2/c1-6(13)11-7-2-3-9-8(4-7)10-5-12(9)14/h2-5H,1H3,(H,11,13)/q-1. The normalized spacial score (nSPS) is 10.4. The molecule has 2 rings (SSSR count). The van der Waals surface area contributed by atoms with Crippen LogP contribution in [0.5, 0.6) is 0 Å². The van der Waals surface area contributed by atoms with Gasteiger partial charge in [-0.05, 0) is 18.2 Å². The highest BCUT2D eigenvalue weighted by Crippen LogP contribution is 2.17. The number of rotatable bonds is 1. The molecule has 1 heterocycles. The highest BCUT2D eigenvalue weighted by Gasteiger charge is 2.00. The van der Waals surface area contributed by atoms with Crippen molar-refractivity contribution in [2.45, 2.75) is 6.92 Å². The summed E-state index contributed by atoms with van der Waals surface area (Å²) in [6.45, 7) is 1.43. The zero-order valence-electron chi connectivity index (χ0n) is 7.52. The van der Waals surface area contributed by atoms with Crippen molar-refractivity contribution in [1.29, 1.82) is 0 Å². The summed E-state index contributed by atoms with van der Waals surface area (Å²) in [6, 6.07) is 4.95. The molecule has 0 atom stereocenters. The topological polar surface area (TPSA) is 70.0 Å². The second-order valence-corrected chi connectivity index (χ2v) is 2.96. The Bertz CT molecular complexity index is 490. The van der Waals surface area contributed by atoms with Crippen LogP contribution in [0.2, 0.25) is 0 Å². The first-order valence-corrected chi connectivity index (χ1v) is 4.09.